The normalized spacial score (nSPS) is 25.8. The fourth-order valence-corrected chi connectivity index (χ4v) is 4.50. The minimum absolute atomic E-state index is 0.0128. The molecule has 4 nitrogen and oxygen atoms in total. The summed E-state index contributed by atoms with van der Waals surface area (Å²) in [4.78, 5) is 17.6. The Morgan fingerprint density at radius 3 is 2.54 bits per heavy atom. The van der Waals surface area contributed by atoms with E-state index in [0.717, 1.165) is 44.4 Å². The molecule has 4 heteroatoms. The van der Waals surface area contributed by atoms with E-state index in [1.807, 2.05) is 18.2 Å². The fourth-order valence-electron chi connectivity index (χ4n) is 4.50. The molecule has 2 fully saturated rings. The van der Waals surface area contributed by atoms with Crippen LogP contribution in [-0.4, -0.2) is 54.5 Å². The van der Waals surface area contributed by atoms with Gasteiger partial charge in [-0.1, -0.05) is 37.5 Å². The van der Waals surface area contributed by atoms with Gasteiger partial charge in [0.05, 0.1) is 5.92 Å². The molecule has 0 N–H and O–H groups in total. The number of carbonyl (C=O) groups excluding carboxylic acids is 1. The van der Waals surface area contributed by atoms with Gasteiger partial charge in [-0.2, -0.15) is 0 Å². The molecule has 0 aromatic heterocycles. The van der Waals surface area contributed by atoms with Crippen LogP contribution in [0.2, 0.25) is 0 Å². The maximum absolute atomic E-state index is 12.9. The van der Waals surface area contributed by atoms with E-state index >= 15 is 0 Å². The van der Waals surface area contributed by atoms with E-state index in [4.69, 9.17) is 4.74 Å². The van der Waals surface area contributed by atoms with Crippen LogP contribution in [-0.2, 0) is 11.2 Å². The molecule has 1 atom stereocenters. The maximum Gasteiger partial charge on any atom is 0.229 e. The summed E-state index contributed by atoms with van der Waals surface area (Å²) in [5.41, 5.74) is 1.17. The molecule has 2 heterocycles. The Morgan fingerprint density at radius 1 is 1.00 bits per heavy atom. The van der Waals surface area contributed by atoms with E-state index < -0.39 is 0 Å². The zero-order valence-electron chi connectivity index (χ0n) is 14.5. The summed E-state index contributed by atoms with van der Waals surface area (Å²) in [6.45, 7) is 4.38. The third kappa shape index (κ3) is 3.30. The lowest BCUT2D eigenvalue weighted by Crippen LogP contribution is -2.54. The summed E-state index contributed by atoms with van der Waals surface area (Å²) in [5.74, 6) is 1.22. The van der Waals surface area contributed by atoms with Crippen LogP contribution in [0, 0.1) is 5.92 Å². The molecule has 130 valence electrons. The SMILES string of the molecule is O=C(C1COc2ccccc2C1)N1CCN(C2CCCCC2)CC1. The molecule has 0 spiro atoms. The molecular weight excluding hydrogens is 300 g/mol. The highest BCUT2D eigenvalue weighted by Gasteiger charge is 2.32. The first-order valence-electron chi connectivity index (χ1n) is 9.55. The molecule has 4 rings (SSSR count). The van der Waals surface area contributed by atoms with E-state index in [0.29, 0.717) is 6.61 Å². The highest BCUT2D eigenvalue weighted by atomic mass is 16.5. The molecular formula is C20H28N2O2. The van der Waals surface area contributed by atoms with Crippen molar-refractivity contribution in [3.05, 3.63) is 29.8 Å². The van der Waals surface area contributed by atoms with Crippen molar-refractivity contribution in [3.8, 4) is 5.75 Å². The van der Waals surface area contributed by atoms with Gasteiger partial charge in [-0.3, -0.25) is 9.69 Å². The molecule has 2 aliphatic heterocycles. The van der Waals surface area contributed by atoms with E-state index in [-0.39, 0.29) is 11.8 Å². The minimum Gasteiger partial charge on any atom is -0.492 e. The van der Waals surface area contributed by atoms with E-state index in [9.17, 15) is 4.79 Å². The van der Waals surface area contributed by atoms with Gasteiger partial charge in [0.15, 0.2) is 0 Å². The largest absolute Gasteiger partial charge is 0.492 e. The van der Waals surface area contributed by atoms with Gasteiger partial charge < -0.3 is 9.64 Å². The van der Waals surface area contributed by atoms with Gasteiger partial charge in [-0.15, -0.1) is 0 Å². The number of hydrogen-bond acceptors (Lipinski definition) is 3. The summed E-state index contributed by atoms with van der Waals surface area (Å²) < 4.78 is 5.81. The van der Waals surface area contributed by atoms with Gasteiger partial charge in [-0.05, 0) is 30.9 Å². The Hall–Kier alpha value is -1.55. The number of benzene rings is 1. The van der Waals surface area contributed by atoms with E-state index in [1.54, 1.807) is 0 Å². The van der Waals surface area contributed by atoms with Crippen molar-refractivity contribution < 1.29 is 9.53 Å². The zero-order chi connectivity index (χ0) is 16.4. The van der Waals surface area contributed by atoms with Crippen LogP contribution in [0.5, 0.6) is 5.75 Å². The Kier molecular flexibility index (Phi) is 4.74. The van der Waals surface area contributed by atoms with Crippen LogP contribution in [0.25, 0.3) is 0 Å². The molecule has 0 radical (unpaired) electrons. The number of carbonyl (C=O) groups is 1. The highest BCUT2D eigenvalue weighted by molar-refractivity contribution is 5.80. The molecule has 24 heavy (non-hydrogen) atoms. The van der Waals surface area contributed by atoms with Crippen molar-refractivity contribution in [2.45, 2.75) is 44.6 Å². The van der Waals surface area contributed by atoms with Crippen LogP contribution in [0.3, 0.4) is 0 Å². The lowest BCUT2D eigenvalue weighted by Gasteiger charge is -2.41. The molecule has 1 aromatic carbocycles. The fraction of sp³-hybridized carbons (Fsp3) is 0.650. The third-order valence-corrected chi connectivity index (χ3v) is 5.95. The molecule has 0 bridgehead atoms. The summed E-state index contributed by atoms with van der Waals surface area (Å²) in [7, 11) is 0. The first-order chi connectivity index (χ1) is 11.8. The van der Waals surface area contributed by atoms with Gasteiger partial charge in [0.25, 0.3) is 0 Å². The van der Waals surface area contributed by atoms with Gasteiger partial charge in [0.1, 0.15) is 12.4 Å². The molecule has 1 aromatic rings. The van der Waals surface area contributed by atoms with Gasteiger partial charge in [0.2, 0.25) is 5.91 Å². The number of nitrogens with zero attached hydrogens (tertiary/aromatic N) is 2. The second-order valence-electron chi connectivity index (χ2n) is 7.47. The predicted molar refractivity (Wildman–Crippen MR) is 94.2 cm³/mol. The van der Waals surface area contributed by atoms with E-state index in [1.165, 1.54) is 37.7 Å². The van der Waals surface area contributed by atoms with Crippen LogP contribution >= 0.6 is 0 Å². The standard InChI is InChI=1S/C20H28N2O2/c23-20(17-14-16-6-4-5-9-19(16)24-15-17)22-12-10-21(11-13-22)18-7-2-1-3-8-18/h4-6,9,17-18H,1-3,7-8,10-15H2. The number of piperazine rings is 1. The number of ether oxygens (including phenoxy) is 1. The van der Waals surface area contributed by atoms with Crippen molar-refractivity contribution in [3.63, 3.8) is 0 Å². The van der Waals surface area contributed by atoms with E-state index in [2.05, 4.69) is 15.9 Å². The Labute approximate surface area is 144 Å². The number of rotatable bonds is 2. The second-order valence-corrected chi connectivity index (χ2v) is 7.47. The molecule has 3 aliphatic rings. The third-order valence-electron chi connectivity index (χ3n) is 5.95. The first kappa shape index (κ1) is 15.9. The Bertz CT molecular complexity index is 575. The molecule has 1 aliphatic carbocycles. The molecule has 1 unspecified atom stereocenters. The average molecular weight is 328 g/mol. The smallest absolute Gasteiger partial charge is 0.229 e. The summed E-state index contributed by atoms with van der Waals surface area (Å²) in [6, 6.07) is 8.86. The Balaban J connectivity index is 1.32. The molecule has 1 saturated heterocycles. The van der Waals surface area contributed by atoms with Crippen molar-refractivity contribution in [2.75, 3.05) is 32.8 Å². The van der Waals surface area contributed by atoms with Crippen LogP contribution in [0.4, 0.5) is 0 Å². The maximum atomic E-state index is 12.9. The monoisotopic (exact) mass is 328 g/mol. The molecule has 1 amide bonds. The quantitative estimate of drug-likeness (QED) is 0.837. The predicted octanol–water partition coefficient (Wildman–Crippen LogP) is 2.71. The summed E-state index contributed by atoms with van der Waals surface area (Å²) in [6.07, 6.45) is 7.67. The van der Waals surface area contributed by atoms with Crippen molar-refractivity contribution >= 4 is 5.91 Å². The van der Waals surface area contributed by atoms with Crippen LogP contribution < -0.4 is 4.74 Å². The van der Waals surface area contributed by atoms with Gasteiger partial charge in [0, 0.05) is 32.2 Å². The average Bonchev–Trinajstić information content (AvgIpc) is 2.68. The zero-order valence-corrected chi connectivity index (χ0v) is 14.5. The van der Waals surface area contributed by atoms with Crippen LogP contribution in [0.15, 0.2) is 24.3 Å². The lowest BCUT2D eigenvalue weighted by atomic mass is 9.93. The Morgan fingerprint density at radius 2 is 1.75 bits per heavy atom. The van der Waals surface area contributed by atoms with Gasteiger partial charge >= 0.3 is 0 Å². The van der Waals surface area contributed by atoms with Crippen molar-refractivity contribution in [2.24, 2.45) is 5.92 Å². The topological polar surface area (TPSA) is 32.8 Å². The number of amides is 1. The van der Waals surface area contributed by atoms with Crippen LogP contribution in [0.1, 0.15) is 37.7 Å². The number of para-hydroxylation sites is 1. The minimum atomic E-state index is -0.0128. The summed E-state index contributed by atoms with van der Waals surface area (Å²) >= 11 is 0. The van der Waals surface area contributed by atoms with Crippen molar-refractivity contribution in [1.82, 2.24) is 9.80 Å². The van der Waals surface area contributed by atoms with Crippen molar-refractivity contribution in [1.29, 1.82) is 0 Å². The highest BCUT2D eigenvalue weighted by Crippen LogP contribution is 2.28. The molecule has 1 saturated carbocycles. The second kappa shape index (κ2) is 7.14. The van der Waals surface area contributed by atoms with Gasteiger partial charge in [-0.25, -0.2) is 0 Å². The number of fused-ring (bicyclic) bond motifs is 1. The lowest BCUT2D eigenvalue weighted by molar-refractivity contribution is -0.139. The number of hydrogen-bond donors (Lipinski definition) is 0. The summed E-state index contributed by atoms with van der Waals surface area (Å²) in [5, 5.41) is 0. The first-order valence-corrected chi connectivity index (χ1v) is 9.55.